The highest BCUT2D eigenvalue weighted by Crippen LogP contribution is 2.26. The maximum atomic E-state index is 13.9. The Kier molecular flexibility index (Phi) is 9.27. The topological polar surface area (TPSA) is 99.2 Å². The van der Waals surface area contributed by atoms with E-state index in [0.29, 0.717) is 28.6 Å². The average Bonchev–Trinajstić information content (AvgIpc) is 2.88. The molecule has 212 valence electrons. The molecule has 40 heavy (non-hydrogen) atoms. The minimum absolute atomic E-state index is 0.00690. The first kappa shape index (κ1) is 30.6. The summed E-state index contributed by atoms with van der Waals surface area (Å²) in [6, 6.07) is 5.47. The van der Waals surface area contributed by atoms with Crippen LogP contribution in [0.25, 0.3) is 11.5 Å². The second-order valence-electron chi connectivity index (χ2n) is 9.41. The molecule has 0 amide bonds. The van der Waals surface area contributed by atoms with Gasteiger partial charge in [0.25, 0.3) is 11.1 Å². The van der Waals surface area contributed by atoms with Gasteiger partial charge in [0, 0.05) is 36.3 Å². The Labute approximate surface area is 235 Å². The normalized spacial score (nSPS) is 11.2. The standard InChI is InChI=1S/C27H25ClF2N4O4.C2H6/c1-14-6-7-33(25(35)23(14)27(4,5)37)22-10-20(15(2)11-32-22)34-16(3)8-21(24(28)26(34)36)38-13-19-18(30)9-17(29)12-31-19;1-2/h6-12,37H,13H2,1-5H3;1-2H3. The number of nitrogens with zero attached hydrogens (tertiary/aromatic N) is 4. The van der Waals surface area contributed by atoms with E-state index in [1.165, 1.54) is 35.2 Å². The van der Waals surface area contributed by atoms with E-state index in [9.17, 15) is 23.5 Å². The Hall–Kier alpha value is -3.89. The van der Waals surface area contributed by atoms with Gasteiger partial charge in [-0.25, -0.2) is 13.8 Å². The Bertz CT molecular complexity index is 1680. The van der Waals surface area contributed by atoms with Crippen molar-refractivity contribution < 1.29 is 18.6 Å². The number of aliphatic hydroxyl groups is 1. The van der Waals surface area contributed by atoms with Crippen LogP contribution in [0.3, 0.4) is 0 Å². The molecule has 0 radical (unpaired) electrons. The maximum Gasteiger partial charge on any atom is 0.277 e. The largest absolute Gasteiger partial charge is 0.485 e. The van der Waals surface area contributed by atoms with E-state index < -0.39 is 28.4 Å². The van der Waals surface area contributed by atoms with Crippen molar-refractivity contribution in [3.63, 3.8) is 0 Å². The van der Waals surface area contributed by atoms with Crippen molar-refractivity contribution in [3.05, 3.63) is 108 Å². The molecule has 8 nitrogen and oxygen atoms in total. The molecule has 0 aliphatic rings. The van der Waals surface area contributed by atoms with Crippen LogP contribution in [0.15, 0.2) is 52.4 Å². The average molecular weight is 573 g/mol. The molecular weight excluding hydrogens is 542 g/mol. The van der Waals surface area contributed by atoms with E-state index in [1.807, 2.05) is 13.8 Å². The number of ether oxygens (including phenoxy) is 1. The molecule has 11 heteroatoms. The van der Waals surface area contributed by atoms with Crippen LogP contribution < -0.4 is 15.9 Å². The van der Waals surface area contributed by atoms with Gasteiger partial charge < -0.3 is 9.84 Å². The molecule has 0 atom stereocenters. The number of hydrogen-bond acceptors (Lipinski definition) is 6. The predicted octanol–water partition coefficient (Wildman–Crippen LogP) is 5.47. The summed E-state index contributed by atoms with van der Waals surface area (Å²) < 4.78 is 35.2. The highest BCUT2D eigenvalue weighted by molar-refractivity contribution is 6.31. The zero-order chi connectivity index (χ0) is 29.9. The van der Waals surface area contributed by atoms with Crippen LogP contribution in [0.5, 0.6) is 5.75 Å². The van der Waals surface area contributed by atoms with Gasteiger partial charge in [0.1, 0.15) is 34.7 Å². The van der Waals surface area contributed by atoms with Crippen LogP contribution in [0.2, 0.25) is 5.02 Å². The fourth-order valence-corrected chi connectivity index (χ4v) is 4.40. The van der Waals surface area contributed by atoms with Gasteiger partial charge in [-0.1, -0.05) is 25.4 Å². The van der Waals surface area contributed by atoms with E-state index in [4.69, 9.17) is 16.3 Å². The molecule has 0 saturated carbocycles. The van der Waals surface area contributed by atoms with Crippen LogP contribution in [-0.4, -0.2) is 24.2 Å². The Balaban J connectivity index is 0.00000216. The van der Waals surface area contributed by atoms with Gasteiger partial charge in [0.15, 0.2) is 5.82 Å². The summed E-state index contributed by atoms with van der Waals surface area (Å²) >= 11 is 6.34. The Morgan fingerprint density at radius 3 is 2.30 bits per heavy atom. The SMILES string of the molecule is CC.Cc1cnc(-n2ccc(C)c(C(C)(C)O)c2=O)cc1-n1c(C)cc(OCc2ncc(F)cc2F)c(Cl)c1=O. The molecule has 0 aliphatic heterocycles. The molecule has 0 bridgehead atoms. The first-order valence-electron chi connectivity index (χ1n) is 12.6. The van der Waals surface area contributed by atoms with Gasteiger partial charge in [-0.2, -0.15) is 0 Å². The van der Waals surface area contributed by atoms with Crippen molar-refractivity contribution in [3.8, 4) is 17.3 Å². The summed E-state index contributed by atoms with van der Waals surface area (Å²) in [5.74, 6) is -1.46. The predicted molar refractivity (Wildman–Crippen MR) is 150 cm³/mol. The van der Waals surface area contributed by atoms with Crippen molar-refractivity contribution in [1.82, 2.24) is 19.1 Å². The number of rotatable bonds is 6. The van der Waals surface area contributed by atoms with E-state index in [2.05, 4.69) is 9.97 Å². The number of aryl methyl sites for hydroxylation is 3. The molecule has 1 N–H and O–H groups in total. The molecule has 0 aromatic carbocycles. The fourth-order valence-electron chi connectivity index (χ4n) is 4.21. The molecule has 4 aromatic heterocycles. The van der Waals surface area contributed by atoms with Gasteiger partial charge in [-0.15, -0.1) is 0 Å². The van der Waals surface area contributed by atoms with Crippen molar-refractivity contribution >= 4 is 11.6 Å². The first-order valence-corrected chi connectivity index (χ1v) is 12.9. The van der Waals surface area contributed by atoms with Crippen LogP contribution in [-0.2, 0) is 12.2 Å². The van der Waals surface area contributed by atoms with E-state index in [-0.39, 0.29) is 34.5 Å². The van der Waals surface area contributed by atoms with E-state index in [0.717, 1.165) is 6.20 Å². The Morgan fingerprint density at radius 1 is 1.00 bits per heavy atom. The lowest BCUT2D eigenvalue weighted by atomic mass is 9.95. The van der Waals surface area contributed by atoms with Gasteiger partial charge in [-0.05, 0) is 51.8 Å². The summed E-state index contributed by atoms with van der Waals surface area (Å²) in [4.78, 5) is 34.6. The second kappa shape index (κ2) is 12.1. The highest BCUT2D eigenvalue weighted by atomic mass is 35.5. The zero-order valence-electron chi connectivity index (χ0n) is 23.3. The smallest absolute Gasteiger partial charge is 0.277 e. The molecule has 4 rings (SSSR count). The van der Waals surface area contributed by atoms with Crippen LogP contribution in [0, 0.1) is 32.4 Å². The molecule has 0 aliphatic carbocycles. The first-order chi connectivity index (χ1) is 18.8. The number of pyridine rings is 4. The summed E-state index contributed by atoms with van der Waals surface area (Å²) in [5, 5.41) is 10.3. The monoisotopic (exact) mass is 572 g/mol. The van der Waals surface area contributed by atoms with Crippen LogP contribution in [0.4, 0.5) is 8.78 Å². The number of hydrogen-bond donors (Lipinski definition) is 1. The molecule has 0 spiro atoms. The second-order valence-corrected chi connectivity index (χ2v) is 9.79. The summed E-state index contributed by atoms with van der Waals surface area (Å²) in [6.45, 7) is 11.8. The molecule has 4 aromatic rings. The van der Waals surface area contributed by atoms with Crippen LogP contribution >= 0.6 is 11.6 Å². The van der Waals surface area contributed by atoms with Crippen LogP contribution in [0.1, 0.15) is 55.8 Å². The summed E-state index contributed by atoms with van der Waals surface area (Å²) in [6.07, 6.45) is 3.94. The molecule has 0 unspecified atom stereocenters. The van der Waals surface area contributed by atoms with Gasteiger partial charge in [0.05, 0.1) is 23.0 Å². The Morgan fingerprint density at radius 2 is 1.68 bits per heavy atom. The fraction of sp³-hybridized carbons (Fsp3) is 0.310. The van der Waals surface area contributed by atoms with Gasteiger partial charge in [-0.3, -0.25) is 23.7 Å². The lowest BCUT2D eigenvalue weighted by molar-refractivity contribution is 0.0760. The number of halogens is 3. The van der Waals surface area contributed by atoms with Crippen molar-refractivity contribution in [2.24, 2.45) is 0 Å². The lowest BCUT2D eigenvalue weighted by Gasteiger charge is -2.21. The summed E-state index contributed by atoms with van der Waals surface area (Å²) in [7, 11) is 0. The maximum absolute atomic E-state index is 13.9. The third-order valence-electron chi connectivity index (χ3n) is 6.01. The molecular formula is C29H31ClF2N4O4. The van der Waals surface area contributed by atoms with Crippen molar-refractivity contribution in [2.45, 2.75) is 60.7 Å². The van der Waals surface area contributed by atoms with E-state index in [1.54, 1.807) is 39.1 Å². The molecule has 0 fully saturated rings. The molecule has 0 saturated heterocycles. The van der Waals surface area contributed by atoms with Gasteiger partial charge in [0.2, 0.25) is 0 Å². The minimum atomic E-state index is -1.37. The third kappa shape index (κ3) is 6.13. The quantitative estimate of drug-likeness (QED) is 0.329. The van der Waals surface area contributed by atoms with Gasteiger partial charge >= 0.3 is 0 Å². The van der Waals surface area contributed by atoms with E-state index >= 15 is 0 Å². The third-order valence-corrected chi connectivity index (χ3v) is 6.36. The zero-order valence-corrected chi connectivity index (χ0v) is 24.1. The molecule has 4 heterocycles. The highest BCUT2D eigenvalue weighted by Gasteiger charge is 2.24. The number of aromatic nitrogens is 4. The lowest BCUT2D eigenvalue weighted by Crippen LogP contribution is -2.32. The summed E-state index contributed by atoms with van der Waals surface area (Å²) in [5.41, 5.74) is -0.205. The van der Waals surface area contributed by atoms with Crippen molar-refractivity contribution in [1.29, 1.82) is 0 Å². The minimum Gasteiger partial charge on any atom is -0.485 e. The van der Waals surface area contributed by atoms with Crippen molar-refractivity contribution in [2.75, 3.05) is 0 Å².